The second-order valence-corrected chi connectivity index (χ2v) is 7.03. The van der Waals surface area contributed by atoms with Gasteiger partial charge in [-0.15, -0.1) is 0 Å². The topological polar surface area (TPSA) is 38.3 Å². The van der Waals surface area contributed by atoms with Crippen LogP contribution in [0.4, 0.5) is 0 Å². The van der Waals surface area contributed by atoms with E-state index in [4.69, 9.17) is 16.3 Å². The summed E-state index contributed by atoms with van der Waals surface area (Å²) in [6.45, 7) is 0. The number of carbonyl (C=O) groups excluding carboxylic acids is 1. The molecule has 0 radical (unpaired) electrons. The number of carbonyl (C=O) groups is 1. The summed E-state index contributed by atoms with van der Waals surface area (Å²) in [5.74, 6) is 0.806. The Morgan fingerprint density at radius 1 is 1.19 bits per heavy atom. The van der Waals surface area contributed by atoms with Gasteiger partial charge < -0.3 is 10.1 Å². The van der Waals surface area contributed by atoms with Crippen molar-refractivity contribution in [2.75, 3.05) is 0 Å². The van der Waals surface area contributed by atoms with Gasteiger partial charge in [0.2, 0.25) is 5.91 Å². The zero-order chi connectivity index (χ0) is 14.4. The molecule has 4 atom stereocenters. The monoisotopic (exact) mass is 305 g/mol. The number of rotatable bonds is 4. The fourth-order valence-electron chi connectivity index (χ4n) is 3.75. The van der Waals surface area contributed by atoms with Crippen molar-refractivity contribution in [1.82, 2.24) is 5.32 Å². The first-order valence-corrected chi connectivity index (χ1v) is 8.30. The molecule has 0 aromatic heterocycles. The lowest BCUT2D eigenvalue weighted by Crippen LogP contribution is -2.38. The average molecular weight is 306 g/mol. The van der Waals surface area contributed by atoms with Crippen LogP contribution in [0.1, 0.15) is 43.7 Å². The lowest BCUT2D eigenvalue weighted by Gasteiger charge is -2.24. The van der Waals surface area contributed by atoms with Crippen LogP contribution in [-0.4, -0.2) is 18.1 Å². The molecule has 1 amide bonds. The highest BCUT2D eigenvalue weighted by molar-refractivity contribution is 6.30. The number of ether oxygens (including phenoxy) is 1. The Labute approximate surface area is 130 Å². The van der Waals surface area contributed by atoms with E-state index >= 15 is 0 Å². The first kappa shape index (κ1) is 13.6. The van der Waals surface area contributed by atoms with Gasteiger partial charge in [-0.1, -0.05) is 23.7 Å². The normalized spacial score (nSPS) is 32.1. The molecule has 21 heavy (non-hydrogen) atoms. The Balaban J connectivity index is 1.47. The van der Waals surface area contributed by atoms with Crippen LogP contribution < -0.4 is 5.32 Å². The van der Waals surface area contributed by atoms with Crippen LogP contribution in [0.5, 0.6) is 0 Å². The van der Waals surface area contributed by atoms with Crippen LogP contribution in [0.2, 0.25) is 5.02 Å². The summed E-state index contributed by atoms with van der Waals surface area (Å²) in [4.78, 5) is 12.6. The van der Waals surface area contributed by atoms with Crippen molar-refractivity contribution < 1.29 is 9.53 Å². The summed E-state index contributed by atoms with van der Waals surface area (Å²) in [5.41, 5.74) is 1.17. The minimum absolute atomic E-state index is 0.0531. The maximum absolute atomic E-state index is 12.6. The number of fused-ring (bicyclic) bond motifs is 2. The van der Waals surface area contributed by atoms with E-state index in [9.17, 15) is 4.79 Å². The number of halogens is 1. The van der Waals surface area contributed by atoms with Gasteiger partial charge in [-0.2, -0.15) is 0 Å². The van der Waals surface area contributed by atoms with Gasteiger partial charge >= 0.3 is 0 Å². The molecule has 2 heterocycles. The minimum Gasteiger partial charge on any atom is -0.374 e. The number of benzene rings is 1. The van der Waals surface area contributed by atoms with Gasteiger partial charge in [-0.05, 0) is 55.7 Å². The lowest BCUT2D eigenvalue weighted by molar-refractivity contribution is -0.127. The summed E-state index contributed by atoms with van der Waals surface area (Å²) >= 11 is 5.96. The summed E-state index contributed by atoms with van der Waals surface area (Å²) < 4.78 is 5.81. The molecule has 3 aliphatic rings. The van der Waals surface area contributed by atoms with Gasteiger partial charge in [0.15, 0.2) is 0 Å². The maximum atomic E-state index is 12.6. The standard InChI is InChI=1S/C17H20ClNO2/c18-12-5-3-11(4-6-12)16(10-1-2-10)19-17(20)14-9-13-7-8-15(14)21-13/h3-6,10,13-16H,1-2,7-9H2,(H,19,20)/t13-,14-,15-,16-/m1/s1. The van der Waals surface area contributed by atoms with E-state index in [0.717, 1.165) is 24.3 Å². The molecule has 2 bridgehead atoms. The average Bonchev–Trinajstić information content (AvgIpc) is 3.11. The maximum Gasteiger partial charge on any atom is 0.226 e. The Kier molecular flexibility index (Phi) is 3.43. The highest BCUT2D eigenvalue weighted by Gasteiger charge is 2.45. The van der Waals surface area contributed by atoms with E-state index in [2.05, 4.69) is 5.32 Å². The SMILES string of the molecule is O=C(N[C@@H](c1ccc(Cl)cc1)C1CC1)[C@@H]1C[C@H]2CC[C@H]1O2. The largest absolute Gasteiger partial charge is 0.374 e. The highest BCUT2D eigenvalue weighted by Crippen LogP contribution is 2.43. The van der Waals surface area contributed by atoms with Crippen molar-refractivity contribution in [3.63, 3.8) is 0 Å². The summed E-state index contributed by atoms with van der Waals surface area (Å²) in [6.07, 6.45) is 5.92. The van der Waals surface area contributed by atoms with Crippen LogP contribution >= 0.6 is 11.6 Å². The molecule has 3 nitrogen and oxygen atoms in total. The molecule has 1 saturated carbocycles. The first-order chi connectivity index (χ1) is 10.2. The Morgan fingerprint density at radius 2 is 1.95 bits per heavy atom. The van der Waals surface area contributed by atoms with Crippen LogP contribution in [-0.2, 0) is 9.53 Å². The van der Waals surface area contributed by atoms with E-state index in [1.54, 1.807) is 0 Å². The predicted octanol–water partition coefficient (Wildman–Crippen LogP) is 3.47. The number of nitrogens with one attached hydrogen (secondary N) is 1. The third-order valence-corrected chi connectivity index (χ3v) is 5.32. The Hall–Kier alpha value is -1.06. The van der Waals surface area contributed by atoms with E-state index < -0.39 is 0 Å². The number of hydrogen-bond acceptors (Lipinski definition) is 2. The van der Waals surface area contributed by atoms with Gasteiger partial charge in [0.05, 0.1) is 24.2 Å². The molecule has 4 rings (SSSR count). The highest BCUT2D eigenvalue weighted by atomic mass is 35.5. The van der Waals surface area contributed by atoms with Crippen molar-refractivity contribution in [3.05, 3.63) is 34.9 Å². The predicted molar refractivity (Wildman–Crippen MR) is 81.1 cm³/mol. The van der Waals surface area contributed by atoms with Gasteiger partial charge in [0.1, 0.15) is 0 Å². The van der Waals surface area contributed by atoms with Crippen LogP contribution in [0.15, 0.2) is 24.3 Å². The van der Waals surface area contributed by atoms with Crippen LogP contribution in [0.3, 0.4) is 0 Å². The zero-order valence-corrected chi connectivity index (χ0v) is 12.7. The first-order valence-electron chi connectivity index (χ1n) is 7.92. The Bertz CT molecular complexity index is 540. The molecule has 0 spiro atoms. The summed E-state index contributed by atoms with van der Waals surface area (Å²) in [5, 5.41) is 4.02. The van der Waals surface area contributed by atoms with Gasteiger partial charge in [0, 0.05) is 5.02 Å². The molecule has 1 N–H and O–H groups in total. The quantitative estimate of drug-likeness (QED) is 0.925. The van der Waals surface area contributed by atoms with E-state index in [1.165, 1.54) is 18.4 Å². The molecule has 1 aromatic carbocycles. The molecule has 4 heteroatoms. The van der Waals surface area contributed by atoms with Gasteiger partial charge in [-0.25, -0.2) is 0 Å². The number of hydrogen-bond donors (Lipinski definition) is 1. The minimum atomic E-state index is 0.0531. The molecule has 1 aromatic rings. The zero-order valence-electron chi connectivity index (χ0n) is 11.9. The van der Waals surface area contributed by atoms with Crippen LogP contribution in [0, 0.1) is 11.8 Å². The molecule has 0 unspecified atom stereocenters. The lowest BCUT2D eigenvalue weighted by atomic mass is 9.88. The summed E-state index contributed by atoms with van der Waals surface area (Å²) in [7, 11) is 0. The van der Waals surface area contributed by atoms with Crippen molar-refractivity contribution in [2.24, 2.45) is 11.8 Å². The second-order valence-electron chi connectivity index (χ2n) is 6.59. The van der Waals surface area contributed by atoms with Crippen molar-refractivity contribution in [1.29, 1.82) is 0 Å². The van der Waals surface area contributed by atoms with E-state index in [-0.39, 0.29) is 24.0 Å². The molecule has 2 aliphatic heterocycles. The molecular formula is C17H20ClNO2. The molecule has 3 fully saturated rings. The molecule has 2 saturated heterocycles. The van der Waals surface area contributed by atoms with E-state index in [1.807, 2.05) is 24.3 Å². The molecule has 112 valence electrons. The van der Waals surface area contributed by atoms with Crippen molar-refractivity contribution in [2.45, 2.75) is 50.4 Å². The fraction of sp³-hybridized carbons (Fsp3) is 0.588. The third-order valence-electron chi connectivity index (χ3n) is 5.06. The van der Waals surface area contributed by atoms with Crippen LogP contribution in [0.25, 0.3) is 0 Å². The Morgan fingerprint density at radius 3 is 2.52 bits per heavy atom. The fourth-order valence-corrected chi connectivity index (χ4v) is 3.87. The molecular weight excluding hydrogens is 286 g/mol. The van der Waals surface area contributed by atoms with Gasteiger partial charge in [-0.3, -0.25) is 4.79 Å². The molecule has 1 aliphatic carbocycles. The summed E-state index contributed by atoms with van der Waals surface area (Å²) in [6, 6.07) is 8.00. The van der Waals surface area contributed by atoms with Crippen molar-refractivity contribution in [3.8, 4) is 0 Å². The van der Waals surface area contributed by atoms with Gasteiger partial charge in [0.25, 0.3) is 0 Å². The van der Waals surface area contributed by atoms with E-state index in [0.29, 0.717) is 12.0 Å². The smallest absolute Gasteiger partial charge is 0.226 e. The van der Waals surface area contributed by atoms with Crippen molar-refractivity contribution >= 4 is 17.5 Å². The number of amides is 1. The second kappa shape index (κ2) is 5.29. The third kappa shape index (κ3) is 2.69.